The average Bonchev–Trinajstić information content (AvgIpc) is 3.25. The van der Waals surface area contributed by atoms with E-state index in [4.69, 9.17) is 4.74 Å². The molecule has 29 heavy (non-hydrogen) atoms. The van der Waals surface area contributed by atoms with Gasteiger partial charge in [-0.25, -0.2) is 9.37 Å². The summed E-state index contributed by atoms with van der Waals surface area (Å²) >= 11 is 3.01. The van der Waals surface area contributed by atoms with E-state index in [0.29, 0.717) is 17.1 Å². The summed E-state index contributed by atoms with van der Waals surface area (Å²) in [6.07, 6.45) is -0.880. The molecule has 1 atom stereocenters. The van der Waals surface area contributed by atoms with Gasteiger partial charge in [-0.05, 0) is 43.3 Å². The van der Waals surface area contributed by atoms with Crippen LogP contribution in [0.2, 0.25) is 0 Å². The SMILES string of the molecule is CC(Oc1ccc(F)cc1)C(=O)NNC(=O)c1ccccc1SCc1cscn1. The summed E-state index contributed by atoms with van der Waals surface area (Å²) < 4.78 is 18.4. The quantitative estimate of drug-likeness (QED) is 0.439. The molecule has 0 fully saturated rings. The molecule has 2 N–H and O–H groups in total. The Kier molecular flexibility index (Phi) is 7.20. The molecule has 6 nitrogen and oxygen atoms in total. The standard InChI is InChI=1S/C20H18FN3O3S2/c1-13(27-16-8-6-14(21)7-9-16)19(25)23-24-20(26)17-4-2-3-5-18(17)29-11-15-10-28-12-22-15/h2-10,12-13H,11H2,1H3,(H,23,25)(H,24,26). The van der Waals surface area contributed by atoms with Crippen LogP contribution < -0.4 is 15.6 Å². The van der Waals surface area contributed by atoms with Crippen LogP contribution in [-0.2, 0) is 10.5 Å². The van der Waals surface area contributed by atoms with E-state index in [9.17, 15) is 14.0 Å². The van der Waals surface area contributed by atoms with Crippen LogP contribution in [0.3, 0.4) is 0 Å². The van der Waals surface area contributed by atoms with Gasteiger partial charge in [0.1, 0.15) is 11.6 Å². The van der Waals surface area contributed by atoms with E-state index in [1.54, 1.807) is 17.6 Å². The molecule has 0 aliphatic heterocycles. The highest BCUT2D eigenvalue weighted by Crippen LogP contribution is 2.26. The number of benzene rings is 2. The molecule has 0 aliphatic carbocycles. The first-order chi connectivity index (χ1) is 14.0. The Morgan fingerprint density at radius 1 is 1.17 bits per heavy atom. The van der Waals surface area contributed by atoms with Crippen LogP contribution in [-0.4, -0.2) is 22.9 Å². The highest BCUT2D eigenvalue weighted by molar-refractivity contribution is 7.98. The second-order valence-electron chi connectivity index (χ2n) is 5.92. The lowest BCUT2D eigenvalue weighted by Gasteiger charge is -2.15. The lowest BCUT2D eigenvalue weighted by molar-refractivity contribution is -0.128. The van der Waals surface area contributed by atoms with E-state index >= 15 is 0 Å². The molecule has 9 heteroatoms. The van der Waals surface area contributed by atoms with Gasteiger partial charge in [0.2, 0.25) is 0 Å². The van der Waals surface area contributed by atoms with Crippen LogP contribution in [0.5, 0.6) is 5.75 Å². The summed E-state index contributed by atoms with van der Waals surface area (Å²) in [7, 11) is 0. The highest BCUT2D eigenvalue weighted by atomic mass is 32.2. The van der Waals surface area contributed by atoms with Crippen LogP contribution in [0, 0.1) is 5.82 Å². The third kappa shape index (κ3) is 6.03. The number of carbonyl (C=O) groups is 2. The number of ether oxygens (including phenoxy) is 1. The van der Waals surface area contributed by atoms with E-state index in [1.165, 1.54) is 54.3 Å². The fourth-order valence-corrected chi connectivity index (χ4v) is 3.91. The number of rotatable bonds is 7. The molecule has 1 unspecified atom stereocenters. The molecule has 0 saturated heterocycles. The molecule has 0 bridgehead atoms. The van der Waals surface area contributed by atoms with Crippen molar-refractivity contribution >= 4 is 34.9 Å². The molecule has 3 aromatic rings. The number of hydrogen-bond acceptors (Lipinski definition) is 6. The number of halogens is 1. The Balaban J connectivity index is 1.54. The zero-order valence-corrected chi connectivity index (χ0v) is 17.1. The topological polar surface area (TPSA) is 80.3 Å². The van der Waals surface area contributed by atoms with Crippen molar-refractivity contribution in [2.75, 3.05) is 0 Å². The van der Waals surface area contributed by atoms with Crippen molar-refractivity contribution in [3.05, 3.63) is 76.5 Å². The fourth-order valence-electron chi connectivity index (χ4n) is 2.30. The first-order valence-corrected chi connectivity index (χ1v) is 10.6. The van der Waals surface area contributed by atoms with Gasteiger partial charge in [0.25, 0.3) is 11.8 Å². The largest absolute Gasteiger partial charge is 0.481 e. The van der Waals surface area contributed by atoms with Crippen molar-refractivity contribution in [1.82, 2.24) is 15.8 Å². The Morgan fingerprint density at radius 3 is 2.66 bits per heavy atom. The number of amides is 2. The monoisotopic (exact) mass is 431 g/mol. The van der Waals surface area contributed by atoms with Crippen molar-refractivity contribution in [2.24, 2.45) is 0 Å². The summed E-state index contributed by atoms with van der Waals surface area (Å²) in [5.41, 5.74) is 7.90. The molecule has 0 spiro atoms. The number of thioether (sulfide) groups is 1. The molecule has 1 aromatic heterocycles. The zero-order valence-electron chi connectivity index (χ0n) is 15.4. The van der Waals surface area contributed by atoms with Gasteiger partial charge in [-0.1, -0.05) is 12.1 Å². The van der Waals surface area contributed by atoms with E-state index in [0.717, 1.165) is 10.6 Å². The summed E-state index contributed by atoms with van der Waals surface area (Å²) in [6, 6.07) is 12.4. The van der Waals surface area contributed by atoms with Gasteiger partial charge >= 0.3 is 0 Å². The van der Waals surface area contributed by atoms with Crippen LogP contribution in [0.25, 0.3) is 0 Å². The summed E-state index contributed by atoms with van der Waals surface area (Å²) in [4.78, 5) is 29.7. The van der Waals surface area contributed by atoms with Gasteiger partial charge in [0, 0.05) is 16.0 Å². The van der Waals surface area contributed by atoms with E-state index in [1.807, 2.05) is 17.5 Å². The summed E-state index contributed by atoms with van der Waals surface area (Å²) in [6.45, 7) is 1.53. The van der Waals surface area contributed by atoms with Crippen LogP contribution in [0.15, 0.2) is 64.3 Å². The molecule has 0 radical (unpaired) electrons. The number of nitrogens with zero attached hydrogens (tertiary/aromatic N) is 1. The normalized spacial score (nSPS) is 11.5. The Morgan fingerprint density at radius 2 is 1.93 bits per heavy atom. The van der Waals surface area contributed by atoms with Crippen molar-refractivity contribution in [3.8, 4) is 5.75 Å². The maximum atomic E-state index is 12.9. The van der Waals surface area contributed by atoms with Gasteiger partial charge in [0.05, 0.1) is 16.8 Å². The second-order valence-corrected chi connectivity index (χ2v) is 7.66. The molecule has 0 aliphatic rings. The third-order valence-electron chi connectivity index (χ3n) is 3.79. The molecular formula is C20H18FN3O3S2. The summed E-state index contributed by atoms with van der Waals surface area (Å²) in [5, 5.41) is 1.96. The van der Waals surface area contributed by atoms with Crippen molar-refractivity contribution in [3.63, 3.8) is 0 Å². The van der Waals surface area contributed by atoms with Gasteiger partial charge < -0.3 is 4.74 Å². The van der Waals surface area contributed by atoms with Gasteiger partial charge in [-0.2, -0.15) is 0 Å². The Hall–Kier alpha value is -2.91. The fraction of sp³-hybridized carbons (Fsp3) is 0.150. The number of aromatic nitrogens is 1. The van der Waals surface area contributed by atoms with E-state index in [2.05, 4.69) is 15.8 Å². The lowest BCUT2D eigenvalue weighted by atomic mass is 10.2. The minimum atomic E-state index is -0.880. The predicted octanol–water partition coefficient (Wildman–Crippen LogP) is 3.80. The highest BCUT2D eigenvalue weighted by Gasteiger charge is 2.17. The average molecular weight is 432 g/mol. The maximum absolute atomic E-state index is 12.9. The molecule has 2 amide bonds. The Labute approximate surface area is 175 Å². The number of hydrazine groups is 1. The number of thiazole rings is 1. The third-order valence-corrected chi connectivity index (χ3v) is 5.53. The minimum absolute atomic E-state index is 0.351. The first-order valence-electron chi connectivity index (χ1n) is 8.64. The minimum Gasteiger partial charge on any atom is -0.481 e. The van der Waals surface area contributed by atoms with Crippen molar-refractivity contribution in [1.29, 1.82) is 0 Å². The van der Waals surface area contributed by atoms with Crippen LogP contribution in [0.4, 0.5) is 4.39 Å². The number of hydrogen-bond donors (Lipinski definition) is 2. The van der Waals surface area contributed by atoms with Crippen LogP contribution >= 0.6 is 23.1 Å². The van der Waals surface area contributed by atoms with E-state index in [-0.39, 0.29) is 0 Å². The van der Waals surface area contributed by atoms with Crippen molar-refractivity contribution in [2.45, 2.75) is 23.7 Å². The molecule has 2 aromatic carbocycles. The summed E-state index contributed by atoms with van der Waals surface area (Å²) in [5.74, 6) is -0.371. The zero-order chi connectivity index (χ0) is 20.6. The van der Waals surface area contributed by atoms with Crippen LogP contribution in [0.1, 0.15) is 23.0 Å². The van der Waals surface area contributed by atoms with Gasteiger partial charge in [-0.15, -0.1) is 23.1 Å². The molecule has 0 saturated carbocycles. The molecule has 1 heterocycles. The molecule has 150 valence electrons. The van der Waals surface area contributed by atoms with Gasteiger partial charge in [0.15, 0.2) is 6.10 Å². The predicted molar refractivity (Wildman–Crippen MR) is 110 cm³/mol. The molecule has 3 rings (SSSR count). The maximum Gasteiger partial charge on any atom is 0.279 e. The van der Waals surface area contributed by atoms with E-state index < -0.39 is 23.7 Å². The number of carbonyl (C=O) groups excluding carboxylic acids is 2. The first kappa shape index (κ1) is 20.8. The molecular weight excluding hydrogens is 413 g/mol. The lowest BCUT2D eigenvalue weighted by Crippen LogP contribution is -2.47. The smallest absolute Gasteiger partial charge is 0.279 e. The van der Waals surface area contributed by atoms with Crippen molar-refractivity contribution < 1.29 is 18.7 Å². The van der Waals surface area contributed by atoms with Gasteiger partial charge in [-0.3, -0.25) is 20.4 Å². The second kappa shape index (κ2) is 10.0. The number of nitrogens with one attached hydrogen (secondary N) is 2. The Bertz CT molecular complexity index is 965.